The zero-order valence-electron chi connectivity index (χ0n) is 14.9. The molecular weight excluding hydrogens is 340 g/mol. The standard InChI is InChI=1S/C20H23F2NO3/c1-12-16(21)6-14(7-17(12)22)13-2-4-23(5-3-13)19(25)15-8-20(9-15)10-18(24)26-11-20/h6-7,13,15H,2-5,8-11H2,1H3. The number of likely N-dealkylation sites (tertiary alicyclic amines) is 1. The van der Waals surface area contributed by atoms with Gasteiger partial charge in [0.15, 0.2) is 0 Å². The summed E-state index contributed by atoms with van der Waals surface area (Å²) in [5, 5.41) is 0. The van der Waals surface area contributed by atoms with Crippen LogP contribution >= 0.6 is 0 Å². The van der Waals surface area contributed by atoms with Gasteiger partial charge in [-0.25, -0.2) is 8.78 Å². The summed E-state index contributed by atoms with van der Waals surface area (Å²) in [5.74, 6) is -0.963. The van der Waals surface area contributed by atoms with Crippen molar-refractivity contribution in [3.8, 4) is 0 Å². The first-order valence-electron chi connectivity index (χ1n) is 9.27. The summed E-state index contributed by atoms with van der Waals surface area (Å²) >= 11 is 0. The maximum atomic E-state index is 13.8. The molecule has 2 aliphatic heterocycles. The summed E-state index contributed by atoms with van der Waals surface area (Å²) in [4.78, 5) is 25.8. The molecular formula is C20H23F2NO3. The second-order valence-electron chi connectivity index (χ2n) is 8.15. The van der Waals surface area contributed by atoms with E-state index in [1.54, 1.807) is 0 Å². The molecule has 2 saturated heterocycles. The van der Waals surface area contributed by atoms with E-state index in [4.69, 9.17) is 4.74 Å². The lowest BCUT2D eigenvalue weighted by atomic mass is 9.61. The van der Waals surface area contributed by atoms with Gasteiger partial charge in [-0.05, 0) is 56.2 Å². The molecule has 0 N–H and O–H groups in total. The van der Waals surface area contributed by atoms with Crippen LogP contribution in [0, 0.1) is 29.9 Å². The average Bonchev–Trinajstić information content (AvgIpc) is 3.00. The van der Waals surface area contributed by atoms with Crippen LogP contribution < -0.4 is 0 Å². The summed E-state index contributed by atoms with van der Waals surface area (Å²) in [6.45, 7) is 3.10. The Kier molecular flexibility index (Phi) is 4.24. The van der Waals surface area contributed by atoms with Crippen molar-refractivity contribution < 1.29 is 23.1 Å². The number of cyclic esters (lactones) is 1. The molecule has 0 atom stereocenters. The van der Waals surface area contributed by atoms with E-state index in [9.17, 15) is 18.4 Å². The number of rotatable bonds is 2. The molecule has 3 aliphatic rings. The lowest BCUT2D eigenvalue weighted by Gasteiger charge is -2.45. The summed E-state index contributed by atoms with van der Waals surface area (Å²) in [7, 11) is 0. The number of amides is 1. The van der Waals surface area contributed by atoms with Gasteiger partial charge >= 0.3 is 5.97 Å². The van der Waals surface area contributed by atoms with E-state index in [-0.39, 0.29) is 34.7 Å². The topological polar surface area (TPSA) is 46.6 Å². The molecule has 0 aromatic heterocycles. The zero-order valence-corrected chi connectivity index (χ0v) is 14.9. The van der Waals surface area contributed by atoms with Crippen molar-refractivity contribution in [2.45, 2.75) is 44.9 Å². The Morgan fingerprint density at radius 3 is 2.35 bits per heavy atom. The number of benzene rings is 1. The van der Waals surface area contributed by atoms with E-state index in [0.29, 0.717) is 44.5 Å². The van der Waals surface area contributed by atoms with Crippen LogP contribution in [0.25, 0.3) is 0 Å². The van der Waals surface area contributed by atoms with Gasteiger partial charge in [-0.2, -0.15) is 0 Å². The summed E-state index contributed by atoms with van der Waals surface area (Å²) in [6.07, 6.45) is 3.32. The Morgan fingerprint density at radius 1 is 1.19 bits per heavy atom. The molecule has 0 radical (unpaired) electrons. The van der Waals surface area contributed by atoms with E-state index in [0.717, 1.165) is 12.8 Å². The van der Waals surface area contributed by atoms with Gasteiger partial charge in [0, 0.05) is 30.0 Å². The molecule has 140 valence electrons. The summed E-state index contributed by atoms with van der Waals surface area (Å²) < 4.78 is 32.6. The number of hydrogen-bond acceptors (Lipinski definition) is 3. The first-order valence-corrected chi connectivity index (χ1v) is 9.27. The van der Waals surface area contributed by atoms with Crippen molar-refractivity contribution in [3.63, 3.8) is 0 Å². The van der Waals surface area contributed by atoms with Gasteiger partial charge < -0.3 is 9.64 Å². The van der Waals surface area contributed by atoms with Crippen molar-refractivity contribution in [3.05, 3.63) is 34.9 Å². The van der Waals surface area contributed by atoms with E-state index in [1.807, 2.05) is 4.90 Å². The quantitative estimate of drug-likeness (QED) is 0.758. The van der Waals surface area contributed by atoms with Crippen molar-refractivity contribution in [2.75, 3.05) is 19.7 Å². The highest BCUT2D eigenvalue weighted by Gasteiger charge is 2.53. The molecule has 1 aromatic rings. The van der Waals surface area contributed by atoms with Crippen LogP contribution in [0.5, 0.6) is 0 Å². The molecule has 6 heteroatoms. The maximum absolute atomic E-state index is 13.8. The van der Waals surface area contributed by atoms with Gasteiger partial charge in [-0.3, -0.25) is 9.59 Å². The molecule has 3 fully saturated rings. The molecule has 4 nitrogen and oxygen atoms in total. The number of carbonyl (C=O) groups excluding carboxylic acids is 2. The Balaban J connectivity index is 1.33. The molecule has 0 unspecified atom stereocenters. The molecule has 26 heavy (non-hydrogen) atoms. The van der Waals surface area contributed by atoms with Crippen LogP contribution in [0.2, 0.25) is 0 Å². The van der Waals surface area contributed by atoms with Crippen molar-refractivity contribution in [1.82, 2.24) is 4.90 Å². The van der Waals surface area contributed by atoms with Crippen LogP contribution in [0.3, 0.4) is 0 Å². The lowest BCUT2D eigenvalue weighted by molar-refractivity contribution is -0.144. The van der Waals surface area contributed by atoms with Crippen molar-refractivity contribution in [1.29, 1.82) is 0 Å². The molecule has 1 spiro atoms. The van der Waals surface area contributed by atoms with Gasteiger partial charge in [0.05, 0.1) is 13.0 Å². The van der Waals surface area contributed by atoms with E-state index in [1.165, 1.54) is 19.1 Å². The SMILES string of the molecule is Cc1c(F)cc(C2CCN(C(=O)C3CC4(COC(=O)C4)C3)CC2)cc1F. The number of carbonyl (C=O) groups is 2. The Hall–Kier alpha value is -1.98. The molecule has 4 rings (SSSR count). The highest BCUT2D eigenvalue weighted by molar-refractivity contribution is 5.81. The largest absolute Gasteiger partial charge is 0.465 e. The number of ether oxygens (including phenoxy) is 1. The minimum absolute atomic E-state index is 0.0182. The zero-order chi connectivity index (χ0) is 18.5. The fourth-order valence-corrected chi connectivity index (χ4v) is 4.66. The van der Waals surface area contributed by atoms with Gasteiger partial charge in [0.2, 0.25) is 5.91 Å². The average molecular weight is 363 g/mol. The van der Waals surface area contributed by atoms with Crippen LogP contribution in [0.1, 0.15) is 49.1 Å². The maximum Gasteiger partial charge on any atom is 0.306 e. The predicted octanol–water partition coefficient (Wildman–Crippen LogP) is 3.32. The van der Waals surface area contributed by atoms with Crippen LogP contribution in [-0.2, 0) is 14.3 Å². The summed E-state index contributed by atoms with van der Waals surface area (Å²) in [5.41, 5.74) is 0.628. The number of halogens is 2. The number of piperidine rings is 1. The normalized spacial score (nSPS) is 29.0. The fourth-order valence-electron chi connectivity index (χ4n) is 4.66. The summed E-state index contributed by atoms with van der Waals surface area (Å²) in [6, 6.07) is 2.85. The van der Waals surface area contributed by atoms with E-state index >= 15 is 0 Å². The second-order valence-corrected chi connectivity index (χ2v) is 8.15. The third-order valence-electron chi connectivity index (χ3n) is 6.35. The number of nitrogens with zero attached hydrogens (tertiary/aromatic N) is 1. The Morgan fingerprint density at radius 2 is 1.81 bits per heavy atom. The van der Waals surface area contributed by atoms with Crippen molar-refractivity contribution in [2.24, 2.45) is 11.3 Å². The monoisotopic (exact) mass is 363 g/mol. The Bertz CT molecular complexity index is 726. The van der Waals surface area contributed by atoms with Gasteiger partial charge in [0.1, 0.15) is 11.6 Å². The minimum Gasteiger partial charge on any atom is -0.465 e. The third kappa shape index (κ3) is 2.99. The van der Waals surface area contributed by atoms with Crippen molar-refractivity contribution >= 4 is 11.9 Å². The van der Waals surface area contributed by atoms with Gasteiger partial charge in [-0.1, -0.05) is 0 Å². The Labute approximate surface area is 151 Å². The number of esters is 1. The second kappa shape index (κ2) is 6.32. The first kappa shape index (κ1) is 17.4. The molecule has 0 bridgehead atoms. The number of hydrogen-bond donors (Lipinski definition) is 0. The van der Waals surface area contributed by atoms with E-state index < -0.39 is 11.6 Å². The van der Waals surface area contributed by atoms with Gasteiger partial charge in [-0.15, -0.1) is 0 Å². The predicted molar refractivity (Wildman–Crippen MR) is 90.4 cm³/mol. The van der Waals surface area contributed by atoms with Crippen LogP contribution in [0.4, 0.5) is 8.78 Å². The highest BCUT2D eigenvalue weighted by Crippen LogP contribution is 2.52. The smallest absolute Gasteiger partial charge is 0.306 e. The lowest BCUT2D eigenvalue weighted by Crippen LogP contribution is -2.49. The molecule has 2 heterocycles. The molecule has 1 saturated carbocycles. The molecule has 1 aromatic carbocycles. The third-order valence-corrected chi connectivity index (χ3v) is 6.35. The van der Waals surface area contributed by atoms with Gasteiger partial charge in [0.25, 0.3) is 0 Å². The van der Waals surface area contributed by atoms with Crippen LogP contribution in [-0.4, -0.2) is 36.5 Å². The highest BCUT2D eigenvalue weighted by atomic mass is 19.1. The molecule has 1 aliphatic carbocycles. The molecule has 1 amide bonds. The fraction of sp³-hybridized carbons (Fsp3) is 0.600. The van der Waals surface area contributed by atoms with E-state index in [2.05, 4.69) is 0 Å². The first-order chi connectivity index (χ1) is 12.4. The minimum atomic E-state index is -0.508. The van der Waals surface area contributed by atoms with Crippen LogP contribution in [0.15, 0.2) is 12.1 Å².